The first kappa shape index (κ1) is 11.5. The molecule has 0 aromatic carbocycles. The van der Waals surface area contributed by atoms with E-state index in [0.717, 1.165) is 30.1 Å². The van der Waals surface area contributed by atoms with Gasteiger partial charge in [-0.3, -0.25) is 4.79 Å². The monoisotopic (exact) mass is 261 g/mol. The average Bonchev–Trinajstić information content (AvgIpc) is 3.11. The molecule has 1 aliphatic heterocycles. The summed E-state index contributed by atoms with van der Waals surface area (Å²) in [5.41, 5.74) is 0. The molecule has 3 heterocycles. The van der Waals surface area contributed by atoms with Crippen LogP contribution >= 0.6 is 11.3 Å². The minimum absolute atomic E-state index is 0.228. The number of nitrogens with zero attached hydrogens (tertiary/aromatic N) is 1. The zero-order valence-electron chi connectivity index (χ0n) is 10.0. The molecule has 94 valence electrons. The van der Waals surface area contributed by atoms with Gasteiger partial charge >= 0.3 is 0 Å². The number of carbonyl (C=O) groups is 1. The summed E-state index contributed by atoms with van der Waals surface area (Å²) in [5.74, 6) is 1.60. The molecule has 0 radical (unpaired) electrons. The molecular weight excluding hydrogens is 246 g/mol. The van der Waals surface area contributed by atoms with Crippen LogP contribution in [0, 0.1) is 0 Å². The van der Waals surface area contributed by atoms with E-state index in [0.29, 0.717) is 12.3 Å². The fourth-order valence-electron chi connectivity index (χ4n) is 2.42. The van der Waals surface area contributed by atoms with Crippen LogP contribution < -0.4 is 0 Å². The quantitative estimate of drug-likeness (QED) is 0.851. The fourth-order valence-corrected chi connectivity index (χ4v) is 3.11. The van der Waals surface area contributed by atoms with Crippen LogP contribution in [0.5, 0.6) is 0 Å². The normalized spacial score (nSPS) is 19.3. The van der Waals surface area contributed by atoms with Crippen LogP contribution in [0.4, 0.5) is 0 Å². The van der Waals surface area contributed by atoms with Crippen molar-refractivity contribution in [1.82, 2.24) is 4.90 Å². The van der Waals surface area contributed by atoms with Crippen molar-refractivity contribution in [2.75, 3.05) is 13.1 Å². The molecule has 1 atom stereocenters. The summed E-state index contributed by atoms with van der Waals surface area (Å²) in [7, 11) is 0. The molecule has 3 nitrogen and oxygen atoms in total. The largest absolute Gasteiger partial charge is 0.469 e. The van der Waals surface area contributed by atoms with Gasteiger partial charge in [-0.2, -0.15) is 0 Å². The fraction of sp³-hybridized carbons (Fsp3) is 0.357. The van der Waals surface area contributed by atoms with E-state index in [-0.39, 0.29) is 5.91 Å². The van der Waals surface area contributed by atoms with Crippen LogP contribution in [0.25, 0.3) is 0 Å². The lowest BCUT2D eigenvalue weighted by Crippen LogP contribution is -2.29. The van der Waals surface area contributed by atoms with Gasteiger partial charge in [0, 0.05) is 23.9 Å². The van der Waals surface area contributed by atoms with Crippen molar-refractivity contribution in [2.24, 2.45) is 0 Å². The Morgan fingerprint density at radius 1 is 1.44 bits per heavy atom. The Kier molecular flexibility index (Phi) is 3.19. The SMILES string of the molecule is O=C(Cc1cccs1)N1CCC(c2ccco2)C1. The molecule has 1 aliphatic rings. The minimum Gasteiger partial charge on any atom is -0.469 e. The maximum absolute atomic E-state index is 12.1. The van der Waals surface area contributed by atoms with Crippen molar-refractivity contribution >= 4 is 17.2 Å². The van der Waals surface area contributed by atoms with Gasteiger partial charge in [0.2, 0.25) is 5.91 Å². The van der Waals surface area contributed by atoms with E-state index in [9.17, 15) is 4.79 Å². The number of furan rings is 1. The predicted molar refractivity (Wildman–Crippen MR) is 70.7 cm³/mol. The predicted octanol–water partition coefficient (Wildman–Crippen LogP) is 2.90. The second kappa shape index (κ2) is 4.98. The van der Waals surface area contributed by atoms with E-state index in [2.05, 4.69) is 0 Å². The first-order chi connectivity index (χ1) is 8.83. The van der Waals surface area contributed by atoms with E-state index < -0.39 is 0 Å². The molecule has 2 aromatic heterocycles. The summed E-state index contributed by atoms with van der Waals surface area (Å²) >= 11 is 1.64. The Hall–Kier alpha value is -1.55. The van der Waals surface area contributed by atoms with Crippen LogP contribution in [0.3, 0.4) is 0 Å². The topological polar surface area (TPSA) is 33.5 Å². The number of thiophene rings is 1. The number of amides is 1. The van der Waals surface area contributed by atoms with E-state index in [1.807, 2.05) is 34.5 Å². The molecule has 4 heteroatoms. The number of carbonyl (C=O) groups excluding carboxylic acids is 1. The Labute approximate surface area is 110 Å². The number of rotatable bonds is 3. The molecule has 18 heavy (non-hydrogen) atoms. The molecule has 1 unspecified atom stereocenters. The van der Waals surface area contributed by atoms with Gasteiger partial charge in [-0.15, -0.1) is 11.3 Å². The van der Waals surface area contributed by atoms with Crippen molar-refractivity contribution in [3.63, 3.8) is 0 Å². The Morgan fingerprint density at radius 2 is 2.39 bits per heavy atom. The highest BCUT2D eigenvalue weighted by molar-refractivity contribution is 7.10. The van der Waals surface area contributed by atoms with E-state index in [1.54, 1.807) is 17.6 Å². The van der Waals surface area contributed by atoms with E-state index in [4.69, 9.17) is 4.42 Å². The summed E-state index contributed by atoms with van der Waals surface area (Å²) in [5, 5.41) is 2.01. The van der Waals surface area contributed by atoms with Crippen molar-refractivity contribution in [1.29, 1.82) is 0 Å². The molecule has 3 rings (SSSR count). The molecule has 0 aliphatic carbocycles. The molecule has 0 saturated carbocycles. The van der Waals surface area contributed by atoms with Crippen LogP contribution in [0.2, 0.25) is 0 Å². The van der Waals surface area contributed by atoms with Crippen molar-refractivity contribution in [3.8, 4) is 0 Å². The van der Waals surface area contributed by atoms with Crippen LogP contribution in [0.15, 0.2) is 40.3 Å². The van der Waals surface area contributed by atoms with Gasteiger partial charge in [0.15, 0.2) is 0 Å². The van der Waals surface area contributed by atoms with Crippen molar-refractivity contribution < 1.29 is 9.21 Å². The lowest BCUT2D eigenvalue weighted by Gasteiger charge is -2.15. The second-order valence-electron chi connectivity index (χ2n) is 4.60. The van der Waals surface area contributed by atoms with Gasteiger partial charge in [-0.05, 0) is 30.0 Å². The maximum atomic E-state index is 12.1. The summed E-state index contributed by atoms with van der Waals surface area (Å²) < 4.78 is 5.42. The van der Waals surface area contributed by atoms with Gasteiger partial charge < -0.3 is 9.32 Å². The Bertz CT molecular complexity index is 504. The number of hydrogen-bond acceptors (Lipinski definition) is 3. The molecule has 1 saturated heterocycles. The Morgan fingerprint density at radius 3 is 3.11 bits per heavy atom. The molecule has 1 amide bonds. The van der Waals surface area contributed by atoms with Gasteiger partial charge in [0.25, 0.3) is 0 Å². The van der Waals surface area contributed by atoms with Crippen LogP contribution in [0.1, 0.15) is 23.0 Å². The van der Waals surface area contributed by atoms with Gasteiger partial charge in [0.05, 0.1) is 12.7 Å². The molecule has 0 spiro atoms. The van der Waals surface area contributed by atoms with Crippen molar-refractivity contribution in [2.45, 2.75) is 18.8 Å². The molecular formula is C14H15NO2S. The summed E-state index contributed by atoms with van der Waals surface area (Å²) in [6, 6.07) is 7.91. The Balaban J connectivity index is 1.60. The van der Waals surface area contributed by atoms with E-state index >= 15 is 0 Å². The average molecular weight is 261 g/mol. The van der Waals surface area contributed by atoms with Gasteiger partial charge in [0.1, 0.15) is 5.76 Å². The summed E-state index contributed by atoms with van der Waals surface area (Å²) in [4.78, 5) is 15.2. The first-order valence-corrected chi connectivity index (χ1v) is 7.04. The minimum atomic E-state index is 0.228. The second-order valence-corrected chi connectivity index (χ2v) is 5.63. The smallest absolute Gasteiger partial charge is 0.227 e. The number of hydrogen-bond donors (Lipinski definition) is 0. The van der Waals surface area contributed by atoms with Gasteiger partial charge in [-0.1, -0.05) is 6.07 Å². The summed E-state index contributed by atoms with van der Waals surface area (Å²) in [6.45, 7) is 1.63. The zero-order chi connectivity index (χ0) is 12.4. The molecule has 2 aromatic rings. The standard InChI is InChI=1S/C14H15NO2S/c16-14(9-12-3-2-8-18-12)15-6-5-11(10-15)13-4-1-7-17-13/h1-4,7-8,11H,5-6,9-10H2. The molecule has 1 fully saturated rings. The molecule has 0 bridgehead atoms. The lowest BCUT2D eigenvalue weighted by atomic mass is 10.1. The van der Waals surface area contributed by atoms with Crippen molar-refractivity contribution in [3.05, 3.63) is 46.5 Å². The zero-order valence-corrected chi connectivity index (χ0v) is 10.9. The molecule has 0 N–H and O–H groups in total. The highest BCUT2D eigenvalue weighted by Crippen LogP contribution is 2.27. The van der Waals surface area contributed by atoms with Crippen LogP contribution in [-0.4, -0.2) is 23.9 Å². The maximum Gasteiger partial charge on any atom is 0.227 e. The summed E-state index contributed by atoms with van der Waals surface area (Å²) in [6.07, 6.45) is 3.23. The highest BCUT2D eigenvalue weighted by atomic mass is 32.1. The highest BCUT2D eigenvalue weighted by Gasteiger charge is 2.28. The lowest BCUT2D eigenvalue weighted by molar-refractivity contribution is -0.129. The first-order valence-electron chi connectivity index (χ1n) is 6.16. The third-order valence-electron chi connectivity index (χ3n) is 3.39. The van der Waals surface area contributed by atoms with Crippen LogP contribution in [-0.2, 0) is 11.2 Å². The third-order valence-corrected chi connectivity index (χ3v) is 4.27. The number of likely N-dealkylation sites (tertiary alicyclic amines) is 1. The van der Waals surface area contributed by atoms with E-state index in [1.165, 1.54) is 0 Å². The third kappa shape index (κ3) is 2.34. The van der Waals surface area contributed by atoms with Gasteiger partial charge in [-0.25, -0.2) is 0 Å².